The molecular formula is C27H33ClN8O2. The molecule has 1 aliphatic heterocycles. The molecule has 1 atom stereocenters. The van der Waals surface area contributed by atoms with E-state index in [4.69, 9.17) is 27.0 Å². The normalized spacial score (nSPS) is 21.8. The van der Waals surface area contributed by atoms with Crippen LogP contribution in [-0.4, -0.2) is 62.2 Å². The lowest BCUT2D eigenvalue weighted by molar-refractivity contribution is 0.200. The van der Waals surface area contributed by atoms with Crippen LogP contribution in [-0.2, 0) is 6.54 Å². The molecule has 0 spiro atoms. The molecule has 1 aliphatic carbocycles. The zero-order valence-electron chi connectivity index (χ0n) is 21.5. The third-order valence-corrected chi connectivity index (χ3v) is 7.76. The molecular weight excluding hydrogens is 504 g/mol. The second-order valence-electron chi connectivity index (χ2n) is 10.2. The van der Waals surface area contributed by atoms with E-state index in [1.54, 1.807) is 6.07 Å². The Hall–Kier alpha value is -3.50. The van der Waals surface area contributed by atoms with Crippen molar-refractivity contribution in [3.63, 3.8) is 0 Å². The first-order valence-electron chi connectivity index (χ1n) is 13.1. The fourth-order valence-electron chi connectivity index (χ4n) is 5.48. The summed E-state index contributed by atoms with van der Waals surface area (Å²) in [6, 6.07) is 7.42. The van der Waals surface area contributed by atoms with Gasteiger partial charge in [0.05, 0.1) is 6.04 Å². The van der Waals surface area contributed by atoms with Crippen molar-refractivity contribution in [3.8, 4) is 11.3 Å². The number of halogens is 1. The average molecular weight is 537 g/mol. The molecule has 0 radical (unpaired) electrons. The molecule has 5 rings (SSSR count). The Morgan fingerprint density at radius 3 is 2.79 bits per heavy atom. The van der Waals surface area contributed by atoms with Gasteiger partial charge >= 0.3 is 6.09 Å². The van der Waals surface area contributed by atoms with Crippen molar-refractivity contribution in [2.75, 3.05) is 24.5 Å². The molecule has 38 heavy (non-hydrogen) atoms. The number of imidazole rings is 1. The van der Waals surface area contributed by atoms with Crippen molar-refractivity contribution in [2.45, 2.75) is 45.2 Å². The summed E-state index contributed by atoms with van der Waals surface area (Å²) in [5, 5.41) is 23.5. The molecule has 3 aromatic rings. The van der Waals surface area contributed by atoms with Crippen LogP contribution in [0.3, 0.4) is 0 Å². The number of fused-ring (bicyclic) bond motifs is 1. The van der Waals surface area contributed by atoms with Gasteiger partial charge in [-0.2, -0.15) is 4.98 Å². The minimum Gasteiger partial charge on any atom is -0.465 e. The van der Waals surface area contributed by atoms with E-state index >= 15 is 0 Å². The Balaban J connectivity index is 1.72. The number of nitrogens with zero attached hydrogens (tertiary/aromatic N) is 5. The lowest BCUT2D eigenvalue weighted by Crippen LogP contribution is -2.51. The number of piperazine rings is 1. The van der Waals surface area contributed by atoms with Crippen LogP contribution >= 0.6 is 11.6 Å². The van der Waals surface area contributed by atoms with Gasteiger partial charge in [-0.25, -0.2) is 14.8 Å². The fraction of sp³-hybridized carbons (Fsp3) is 0.444. The van der Waals surface area contributed by atoms with E-state index in [2.05, 4.69) is 38.6 Å². The summed E-state index contributed by atoms with van der Waals surface area (Å²) in [7, 11) is 0. The van der Waals surface area contributed by atoms with Gasteiger partial charge in [0.25, 0.3) is 0 Å². The Morgan fingerprint density at radius 1 is 1.29 bits per heavy atom. The summed E-state index contributed by atoms with van der Waals surface area (Å²) >= 11 is 6.37. The molecule has 0 unspecified atom stereocenters. The minimum absolute atomic E-state index is 0.0434. The third kappa shape index (κ3) is 5.37. The van der Waals surface area contributed by atoms with Crippen LogP contribution in [0.5, 0.6) is 0 Å². The van der Waals surface area contributed by atoms with Crippen molar-refractivity contribution >= 4 is 40.6 Å². The number of hydrogen-bond donors (Lipinski definition) is 4. The molecule has 2 aliphatic rings. The number of aromatic nitrogens is 4. The lowest BCUT2D eigenvalue weighted by Gasteiger charge is -2.36. The van der Waals surface area contributed by atoms with E-state index in [0.29, 0.717) is 22.3 Å². The highest BCUT2D eigenvalue weighted by atomic mass is 35.5. The average Bonchev–Trinajstić information content (AvgIpc) is 3.27. The Labute approximate surface area is 226 Å². The summed E-state index contributed by atoms with van der Waals surface area (Å²) in [4.78, 5) is 27.8. The molecule has 4 N–H and O–H groups in total. The topological polar surface area (TPSA) is 132 Å². The summed E-state index contributed by atoms with van der Waals surface area (Å²) < 4.78 is 2.23. The Kier molecular flexibility index (Phi) is 7.62. The number of rotatable bonds is 6. The van der Waals surface area contributed by atoms with Gasteiger partial charge in [0, 0.05) is 36.8 Å². The van der Waals surface area contributed by atoms with E-state index in [1.165, 1.54) is 12.8 Å². The molecule has 0 bridgehead atoms. The summed E-state index contributed by atoms with van der Waals surface area (Å²) in [5.74, 6) is 1.57. The molecule has 1 amide bonds. The largest absolute Gasteiger partial charge is 0.465 e. The van der Waals surface area contributed by atoms with E-state index in [9.17, 15) is 9.90 Å². The monoisotopic (exact) mass is 536 g/mol. The molecule has 2 aromatic heterocycles. The summed E-state index contributed by atoms with van der Waals surface area (Å²) in [5.41, 5.74) is 2.49. The van der Waals surface area contributed by atoms with E-state index in [0.717, 1.165) is 62.0 Å². The molecule has 3 heterocycles. The third-order valence-electron chi connectivity index (χ3n) is 7.52. The van der Waals surface area contributed by atoms with Crippen LogP contribution in [0.4, 0.5) is 10.7 Å². The fourth-order valence-corrected chi connectivity index (χ4v) is 5.67. The highest BCUT2D eigenvalue weighted by Gasteiger charge is 2.30. The maximum absolute atomic E-state index is 11.3. The van der Waals surface area contributed by atoms with Crippen LogP contribution in [0, 0.1) is 17.2 Å². The van der Waals surface area contributed by atoms with E-state index < -0.39 is 11.9 Å². The maximum atomic E-state index is 11.3. The SMILES string of the molecule is C=C[C@@H]1CNCCN1c1nc2nc(C(=N)NC(=O)O)nc(-c3cccc(Cl)c3)c2n1CC1CCC(C)CC1. The van der Waals surface area contributed by atoms with Gasteiger partial charge < -0.3 is 19.9 Å². The van der Waals surface area contributed by atoms with Crippen molar-refractivity contribution < 1.29 is 9.90 Å². The predicted octanol–water partition coefficient (Wildman–Crippen LogP) is 4.53. The number of carbonyl (C=O) groups is 1. The zero-order valence-corrected chi connectivity index (χ0v) is 22.2. The molecule has 2 fully saturated rings. The van der Waals surface area contributed by atoms with Crippen LogP contribution in [0.15, 0.2) is 36.9 Å². The summed E-state index contributed by atoms with van der Waals surface area (Å²) in [6.45, 7) is 9.48. The standard InChI is InChI=1S/C27H33ClN8O2/c1-3-20-14-30-11-12-35(20)26-34-24-22(36(26)15-17-9-7-16(2)8-10-17)21(18-5-4-6-19(28)13-18)31-25(33-24)23(29)32-27(37)38/h3-6,13,16-17,20,30H,1,7-12,14-15H2,2H3,(H2,29,32)(H,37,38)/t16?,17?,20-/m1/s1. The van der Waals surface area contributed by atoms with Crippen molar-refractivity contribution in [2.24, 2.45) is 11.8 Å². The lowest BCUT2D eigenvalue weighted by atomic mass is 9.83. The van der Waals surface area contributed by atoms with Gasteiger partial charge in [-0.3, -0.25) is 10.7 Å². The Morgan fingerprint density at radius 2 is 2.08 bits per heavy atom. The van der Waals surface area contributed by atoms with Gasteiger partial charge in [0.15, 0.2) is 17.3 Å². The highest BCUT2D eigenvalue weighted by Crippen LogP contribution is 2.36. The molecule has 1 saturated heterocycles. The number of anilines is 1. The zero-order chi connectivity index (χ0) is 26.8. The van der Waals surface area contributed by atoms with Gasteiger partial charge in [-0.1, -0.05) is 49.6 Å². The molecule has 1 saturated carbocycles. The van der Waals surface area contributed by atoms with Crippen LogP contribution < -0.4 is 15.5 Å². The molecule has 10 nitrogen and oxygen atoms in total. The number of hydrogen-bond acceptors (Lipinski definition) is 7. The van der Waals surface area contributed by atoms with E-state index in [1.807, 2.05) is 24.3 Å². The minimum atomic E-state index is -1.35. The highest BCUT2D eigenvalue weighted by molar-refractivity contribution is 6.30. The number of nitrogens with one attached hydrogen (secondary N) is 3. The second kappa shape index (κ2) is 11.1. The number of amidine groups is 1. The maximum Gasteiger partial charge on any atom is 0.410 e. The quantitative estimate of drug-likeness (QED) is 0.207. The smallest absolute Gasteiger partial charge is 0.410 e. The van der Waals surface area contributed by atoms with E-state index in [-0.39, 0.29) is 11.9 Å². The van der Waals surface area contributed by atoms with Gasteiger partial charge in [0.2, 0.25) is 5.95 Å². The van der Waals surface area contributed by atoms with Crippen LogP contribution in [0.2, 0.25) is 5.02 Å². The number of amides is 1. The van der Waals surface area contributed by atoms with Gasteiger partial charge in [-0.05, 0) is 36.8 Å². The van der Waals surface area contributed by atoms with Crippen LogP contribution in [0.1, 0.15) is 38.4 Å². The molecule has 200 valence electrons. The molecule has 11 heteroatoms. The Bertz CT molecular complexity index is 1360. The first-order valence-corrected chi connectivity index (χ1v) is 13.4. The number of benzene rings is 1. The second-order valence-corrected chi connectivity index (χ2v) is 10.7. The van der Waals surface area contributed by atoms with Crippen molar-refractivity contribution in [3.05, 3.63) is 47.8 Å². The molecule has 1 aromatic carbocycles. The summed E-state index contributed by atoms with van der Waals surface area (Å²) in [6.07, 6.45) is 5.27. The van der Waals surface area contributed by atoms with Crippen molar-refractivity contribution in [1.29, 1.82) is 5.41 Å². The van der Waals surface area contributed by atoms with Gasteiger partial charge in [-0.15, -0.1) is 6.58 Å². The first kappa shape index (κ1) is 26.1. The van der Waals surface area contributed by atoms with Crippen LogP contribution in [0.25, 0.3) is 22.4 Å². The predicted molar refractivity (Wildman–Crippen MR) is 149 cm³/mol. The number of carboxylic acid groups (broad SMARTS) is 1. The first-order chi connectivity index (χ1) is 18.3. The van der Waals surface area contributed by atoms with Crippen molar-refractivity contribution in [1.82, 2.24) is 30.2 Å². The van der Waals surface area contributed by atoms with Gasteiger partial charge in [0.1, 0.15) is 11.2 Å².